The Kier molecular flexibility index (Phi) is 5.17. The fraction of sp³-hybridized carbons (Fsp3) is 0.500. The Labute approximate surface area is 129 Å². The summed E-state index contributed by atoms with van der Waals surface area (Å²) >= 11 is 3.71. The molecule has 0 bridgehead atoms. The third-order valence-corrected chi connectivity index (χ3v) is 4.94. The molecule has 0 spiro atoms. The van der Waals surface area contributed by atoms with Crippen molar-refractivity contribution in [3.05, 3.63) is 19.9 Å². The van der Waals surface area contributed by atoms with Crippen molar-refractivity contribution in [2.45, 2.75) is 18.9 Å². The van der Waals surface area contributed by atoms with Gasteiger partial charge >= 0.3 is 0 Å². The molecule has 1 aliphatic rings. The molecule has 7 heteroatoms. The summed E-state index contributed by atoms with van der Waals surface area (Å²) in [5.41, 5.74) is 5.92. The van der Waals surface area contributed by atoms with Crippen LogP contribution in [0.4, 0.5) is 0 Å². The van der Waals surface area contributed by atoms with Crippen molar-refractivity contribution in [1.29, 1.82) is 0 Å². The van der Waals surface area contributed by atoms with Crippen LogP contribution in [0.3, 0.4) is 0 Å². The van der Waals surface area contributed by atoms with Crippen LogP contribution >= 0.6 is 33.9 Å². The summed E-state index contributed by atoms with van der Waals surface area (Å²) < 4.78 is 1.06. The number of piperidine rings is 1. The topological polar surface area (TPSA) is 75.4 Å². The van der Waals surface area contributed by atoms with Gasteiger partial charge in [-0.3, -0.25) is 9.59 Å². The quantitative estimate of drug-likeness (QED) is 0.751. The SMILES string of the molecule is NC(=O)CN(C(=O)c1csc(I)c1)C1CCNCC1. The smallest absolute Gasteiger partial charge is 0.255 e. The number of hydrogen-bond acceptors (Lipinski definition) is 4. The second-order valence-electron chi connectivity index (χ2n) is 4.52. The van der Waals surface area contributed by atoms with Crippen LogP contribution in [0.1, 0.15) is 23.2 Å². The van der Waals surface area contributed by atoms with Crippen LogP contribution < -0.4 is 11.1 Å². The lowest BCUT2D eigenvalue weighted by atomic mass is 10.0. The van der Waals surface area contributed by atoms with Gasteiger partial charge in [0, 0.05) is 11.4 Å². The van der Waals surface area contributed by atoms with Gasteiger partial charge in [-0.2, -0.15) is 0 Å². The summed E-state index contributed by atoms with van der Waals surface area (Å²) in [4.78, 5) is 25.3. The average molecular weight is 393 g/mol. The molecule has 1 aromatic heterocycles. The third kappa shape index (κ3) is 3.90. The molecule has 19 heavy (non-hydrogen) atoms. The van der Waals surface area contributed by atoms with Crippen LogP contribution in [-0.2, 0) is 4.79 Å². The number of amides is 2. The Hall–Kier alpha value is -0.670. The predicted molar refractivity (Wildman–Crippen MR) is 83.2 cm³/mol. The van der Waals surface area contributed by atoms with E-state index in [4.69, 9.17) is 5.73 Å². The molecule has 0 aliphatic carbocycles. The van der Waals surface area contributed by atoms with Gasteiger partial charge in [0.2, 0.25) is 5.91 Å². The number of primary amides is 1. The Bertz CT molecular complexity index is 471. The van der Waals surface area contributed by atoms with E-state index in [1.54, 1.807) is 4.90 Å². The molecule has 0 radical (unpaired) electrons. The van der Waals surface area contributed by atoms with Gasteiger partial charge in [-0.25, -0.2) is 0 Å². The summed E-state index contributed by atoms with van der Waals surface area (Å²) in [6.07, 6.45) is 1.72. The van der Waals surface area contributed by atoms with Gasteiger partial charge in [0.1, 0.15) is 0 Å². The lowest BCUT2D eigenvalue weighted by Crippen LogP contribution is -2.49. The molecule has 1 saturated heterocycles. The van der Waals surface area contributed by atoms with Gasteiger partial charge in [-0.1, -0.05) is 0 Å². The van der Waals surface area contributed by atoms with E-state index in [0.717, 1.165) is 28.8 Å². The van der Waals surface area contributed by atoms with Crippen LogP contribution in [0, 0.1) is 2.88 Å². The summed E-state index contributed by atoms with van der Waals surface area (Å²) in [6.45, 7) is 1.73. The zero-order valence-electron chi connectivity index (χ0n) is 10.4. The first-order valence-corrected chi connectivity index (χ1v) is 8.08. The van der Waals surface area contributed by atoms with Crippen molar-refractivity contribution >= 4 is 45.7 Å². The highest BCUT2D eigenvalue weighted by Gasteiger charge is 2.27. The summed E-state index contributed by atoms with van der Waals surface area (Å²) in [5.74, 6) is -0.554. The number of carbonyl (C=O) groups is 2. The maximum absolute atomic E-state index is 12.5. The fourth-order valence-electron chi connectivity index (χ4n) is 2.24. The molecule has 1 aromatic rings. The maximum atomic E-state index is 12.5. The summed E-state index contributed by atoms with van der Waals surface area (Å²) in [5, 5.41) is 5.08. The van der Waals surface area contributed by atoms with E-state index in [1.807, 2.05) is 11.4 Å². The zero-order valence-corrected chi connectivity index (χ0v) is 13.4. The van der Waals surface area contributed by atoms with Crippen LogP contribution in [0.15, 0.2) is 11.4 Å². The highest BCUT2D eigenvalue weighted by molar-refractivity contribution is 14.1. The molecule has 0 unspecified atom stereocenters. The molecule has 1 fully saturated rings. The molecule has 1 aliphatic heterocycles. The van der Waals surface area contributed by atoms with Crippen molar-refractivity contribution in [3.8, 4) is 0 Å². The summed E-state index contributed by atoms with van der Waals surface area (Å²) in [6, 6.07) is 1.95. The first-order chi connectivity index (χ1) is 9.08. The molecular weight excluding hydrogens is 377 g/mol. The summed E-state index contributed by atoms with van der Waals surface area (Å²) in [7, 11) is 0. The molecule has 0 atom stereocenters. The van der Waals surface area contributed by atoms with E-state index >= 15 is 0 Å². The second kappa shape index (κ2) is 6.67. The minimum atomic E-state index is -0.461. The Morgan fingerprint density at radius 1 is 1.47 bits per heavy atom. The number of thiophene rings is 1. The van der Waals surface area contributed by atoms with Crippen molar-refractivity contribution in [2.75, 3.05) is 19.6 Å². The third-order valence-electron chi connectivity index (χ3n) is 3.15. The number of rotatable bonds is 4. The van der Waals surface area contributed by atoms with Crippen molar-refractivity contribution in [1.82, 2.24) is 10.2 Å². The number of nitrogens with one attached hydrogen (secondary N) is 1. The van der Waals surface area contributed by atoms with E-state index in [9.17, 15) is 9.59 Å². The van der Waals surface area contributed by atoms with Gasteiger partial charge in [0.25, 0.3) is 5.91 Å². The molecule has 0 saturated carbocycles. The number of hydrogen-bond donors (Lipinski definition) is 2. The number of carbonyl (C=O) groups excluding carboxylic acids is 2. The Morgan fingerprint density at radius 2 is 2.16 bits per heavy atom. The van der Waals surface area contributed by atoms with E-state index in [1.165, 1.54) is 11.3 Å². The average Bonchev–Trinajstić information content (AvgIpc) is 2.83. The fourth-order valence-corrected chi connectivity index (χ4v) is 3.56. The van der Waals surface area contributed by atoms with Crippen LogP contribution in [0.5, 0.6) is 0 Å². The first-order valence-electron chi connectivity index (χ1n) is 6.12. The van der Waals surface area contributed by atoms with Gasteiger partial charge in [0.05, 0.1) is 15.0 Å². The predicted octanol–water partition coefficient (Wildman–Crippen LogP) is 1.03. The van der Waals surface area contributed by atoms with E-state index in [-0.39, 0.29) is 18.5 Å². The Balaban J connectivity index is 2.16. The normalized spacial score (nSPS) is 16.3. The van der Waals surface area contributed by atoms with Crippen molar-refractivity contribution in [2.24, 2.45) is 5.73 Å². The molecule has 2 amide bonds. The van der Waals surface area contributed by atoms with Gasteiger partial charge < -0.3 is 16.0 Å². The van der Waals surface area contributed by atoms with Crippen LogP contribution in [0.2, 0.25) is 0 Å². The largest absolute Gasteiger partial charge is 0.368 e. The minimum Gasteiger partial charge on any atom is -0.368 e. The van der Waals surface area contributed by atoms with Crippen LogP contribution in [0.25, 0.3) is 0 Å². The lowest BCUT2D eigenvalue weighted by Gasteiger charge is -2.33. The van der Waals surface area contributed by atoms with E-state index < -0.39 is 5.91 Å². The molecule has 2 heterocycles. The highest BCUT2D eigenvalue weighted by Crippen LogP contribution is 2.21. The van der Waals surface area contributed by atoms with Crippen molar-refractivity contribution < 1.29 is 9.59 Å². The molecule has 104 valence electrons. The molecule has 2 rings (SSSR count). The van der Waals surface area contributed by atoms with Gasteiger partial charge in [0.15, 0.2) is 0 Å². The highest BCUT2D eigenvalue weighted by atomic mass is 127. The monoisotopic (exact) mass is 393 g/mol. The molecular formula is C12H16IN3O2S. The molecule has 5 nitrogen and oxygen atoms in total. The maximum Gasteiger partial charge on any atom is 0.255 e. The molecule has 3 N–H and O–H groups in total. The van der Waals surface area contributed by atoms with Gasteiger partial charge in [-0.05, 0) is 54.6 Å². The van der Waals surface area contributed by atoms with Crippen molar-refractivity contribution in [3.63, 3.8) is 0 Å². The van der Waals surface area contributed by atoms with Crippen LogP contribution in [-0.4, -0.2) is 42.4 Å². The number of halogens is 1. The molecule has 0 aromatic carbocycles. The number of nitrogens with two attached hydrogens (primary N) is 1. The number of nitrogens with zero attached hydrogens (tertiary/aromatic N) is 1. The standard InChI is InChI=1S/C12H16IN3O2S/c13-10-5-8(7-19-10)12(18)16(6-11(14)17)9-1-3-15-4-2-9/h5,7,9,15H,1-4,6H2,(H2,14,17). The second-order valence-corrected chi connectivity index (χ2v) is 7.33. The van der Waals surface area contributed by atoms with E-state index in [0.29, 0.717) is 5.56 Å². The van der Waals surface area contributed by atoms with Gasteiger partial charge in [-0.15, -0.1) is 11.3 Å². The zero-order chi connectivity index (χ0) is 13.8. The lowest BCUT2D eigenvalue weighted by molar-refractivity contribution is -0.119. The van der Waals surface area contributed by atoms with E-state index in [2.05, 4.69) is 27.9 Å². The minimum absolute atomic E-state index is 0.00404. The Morgan fingerprint density at radius 3 is 2.68 bits per heavy atom. The first kappa shape index (κ1) is 14.7.